The molecule has 1 saturated heterocycles. The van der Waals surface area contributed by atoms with Crippen LogP contribution in [0.1, 0.15) is 15.9 Å². The molecule has 3 heterocycles. The summed E-state index contributed by atoms with van der Waals surface area (Å²) in [7, 11) is 0. The average Bonchev–Trinajstić information content (AvgIpc) is 3.32. The zero-order chi connectivity index (χ0) is 23.5. The van der Waals surface area contributed by atoms with Crippen LogP contribution < -0.4 is 31.0 Å². The first-order valence-corrected chi connectivity index (χ1v) is 11.2. The maximum atomic E-state index is 12.3. The predicted molar refractivity (Wildman–Crippen MR) is 129 cm³/mol. The van der Waals surface area contributed by atoms with E-state index in [4.69, 9.17) is 26.8 Å². The highest BCUT2D eigenvalue weighted by Crippen LogP contribution is 2.33. The lowest BCUT2D eigenvalue weighted by Gasteiger charge is -2.36. The lowest BCUT2D eigenvalue weighted by Crippen LogP contribution is -2.46. The molecule has 0 radical (unpaired) electrons. The molecule has 5 rings (SSSR count). The summed E-state index contributed by atoms with van der Waals surface area (Å²) in [5.41, 5.74) is 13.8. The SMILES string of the molecule is Nc1c(NNC(=O)c2ccc(Cl)cc2)ncnc1N1CCN(Cc2ccc3c(c2)OCO3)CC1. The number of anilines is 3. The van der Waals surface area contributed by atoms with Gasteiger partial charge < -0.3 is 20.1 Å². The first-order valence-electron chi connectivity index (χ1n) is 10.8. The van der Waals surface area contributed by atoms with Crippen LogP contribution in [0.3, 0.4) is 0 Å². The number of rotatable bonds is 6. The Morgan fingerprint density at radius 1 is 1.03 bits per heavy atom. The molecule has 0 atom stereocenters. The summed E-state index contributed by atoms with van der Waals surface area (Å²) in [6.45, 7) is 4.35. The van der Waals surface area contributed by atoms with Crippen molar-refractivity contribution in [1.29, 1.82) is 0 Å². The van der Waals surface area contributed by atoms with Gasteiger partial charge in [0.25, 0.3) is 5.91 Å². The number of aromatic nitrogens is 2. The summed E-state index contributed by atoms with van der Waals surface area (Å²) in [4.78, 5) is 25.4. The van der Waals surface area contributed by atoms with E-state index < -0.39 is 0 Å². The Morgan fingerprint density at radius 2 is 1.79 bits per heavy atom. The summed E-state index contributed by atoms with van der Waals surface area (Å²) < 4.78 is 10.9. The molecule has 0 bridgehead atoms. The molecule has 11 heteroatoms. The standard InChI is InChI=1S/C23H24ClN7O3/c24-17-4-2-16(3-5-17)23(32)29-28-21-20(25)22(27-13-26-21)31-9-7-30(8-10-31)12-15-1-6-18-19(11-15)34-14-33-18/h1-6,11,13H,7-10,12,14,25H2,(H,29,32)(H,26,27,28). The number of carbonyl (C=O) groups excluding carboxylic acids is 1. The number of carbonyl (C=O) groups is 1. The normalized spacial score (nSPS) is 15.3. The predicted octanol–water partition coefficient (Wildman–Crippen LogP) is 2.52. The van der Waals surface area contributed by atoms with Crippen LogP contribution in [0.5, 0.6) is 11.5 Å². The fourth-order valence-electron chi connectivity index (χ4n) is 3.94. The van der Waals surface area contributed by atoms with E-state index in [9.17, 15) is 4.79 Å². The van der Waals surface area contributed by atoms with Gasteiger partial charge in [0, 0.05) is 43.3 Å². The maximum absolute atomic E-state index is 12.3. The van der Waals surface area contributed by atoms with Crippen LogP contribution >= 0.6 is 11.6 Å². The van der Waals surface area contributed by atoms with Gasteiger partial charge in [0.15, 0.2) is 23.1 Å². The van der Waals surface area contributed by atoms with Crippen molar-refractivity contribution in [3.63, 3.8) is 0 Å². The number of ether oxygens (including phenoxy) is 2. The molecule has 176 valence electrons. The van der Waals surface area contributed by atoms with Crippen LogP contribution in [0.25, 0.3) is 0 Å². The first-order chi connectivity index (χ1) is 16.6. The number of halogens is 1. The largest absolute Gasteiger partial charge is 0.454 e. The van der Waals surface area contributed by atoms with Crippen molar-refractivity contribution in [2.24, 2.45) is 0 Å². The number of hydrazine groups is 1. The Bertz CT molecular complexity index is 1180. The molecule has 2 aliphatic heterocycles. The minimum atomic E-state index is -0.326. The molecule has 2 aromatic carbocycles. The van der Waals surface area contributed by atoms with E-state index >= 15 is 0 Å². The molecule has 0 spiro atoms. The van der Waals surface area contributed by atoms with Crippen molar-refractivity contribution in [3.8, 4) is 11.5 Å². The zero-order valence-corrected chi connectivity index (χ0v) is 19.1. The van der Waals surface area contributed by atoms with Crippen molar-refractivity contribution >= 4 is 34.8 Å². The van der Waals surface area contributed by atoms with E-state index in [-0.39, 0.29) is 12.7 Å². The molecule has 0 aliphatic carbocycles. The molecule has 3 aromatic rings. The molecule has 0 unspecified atom stereocenters. The molecule has 0 saturated carbocycles. The van der Waals surface area contributed by atoms with Crippen molar-refractivity contribution < 1.29 is 14.3 Å². The maximum Gasteiger partial charge on any atom is 0.269 e. The van der Waals surface area contributed by atoms with Gasteiger partial charge in [0.2, 0.25) is 6.79 Å². The average molecular weight is 482 g/mol. The van der Waals surface area contributed by atoms with E-state index in [1.165, 1.54) is 11.9 Å². The third kappa shape index (κ3) is 4.78. The molecular formula is C23H24ClN7O3. The van der Waals surface area contributed by atoms with E-state index in [2.05, 4.69) is 36.7 Å². The second-order valence-corrected chi connectivity index (χ2v) is 8.43. The number of hydrogen-bond acceptors (Lipinski definition) is 9. The molecule has 2 aliphatic rings. The number of nitrogens with two attached hydrogens (primary N) is 1. The smallest absolute Gasteiger partial charge is 0.269 e. The first kappa shape index (κ1) is 22.1. The molecule has 34 heavy (non-hydrogen) atoms. The summed E-state index contributed by atoms with van der Waals surface area (Å²) in [5, 5.41) is 0.560. The summed E-state index contributed by atoms with van der Waals surface area (Å²) >= 11 is 5.87. The van der Waals surface area contributed by atoms with E-state index in [1.54, 1.807) is 24.3 Å². The summed E-state index contributed by atoms with van der Waals surface area (Å²) in [6, 6.07) is 12.6. The van der Waals surface area contributed by atoms with Gasteiger partial charge in [-0.2, -0.15) is 0 Å². The Hall–Kier alpha value is -3.76. The molecule has 1 aromatic heterocycles. The third-order valence-electron chi connectivity index (χ3n) is 5.78. The second kappa shape index (κ2) is 9.62. The third-order valence-corrected chi connectivity index (χ3v) is 6.03. The highest BCUT2D eigenvalue weighted by Gasteiger charge is 2.22. The van der Waals surface area contributed by atoms with Gasteiger partial charge in [0.1, 0.15) is 12.0 Å². The van der Waals surface area contributed by atoms with Crippen LogP contribution in [-0.2, 0) is 6.54 Å². The minimum Gasteiger partial charge on any atom is -0.454 e. The Balaban J connectivity index is 1.17. The minimum absolute atomic E-state index is 0.277. The number of amides is 1. The number of piperazine rings is 1. The van der Waals surface area contributed by atoms with Crippen LogP contribution in [-0.4, -0.2) is 53.7 Å². The fraction of sp³-hybridized carbons (Fsp3) is 0.261. The van der Waals surface area contributed by atoms with Gasteiger partial charge in [-0.1, -0.05) is 17.7 Å². The lowest BCUT2D eigenvalue weighted by molar-refractivity contribution is 0.0962. The molecule has 1 fully saturated rings. The van der Waals surface area contributed by atoms with E-state index in [1.807, 2.05) is 12.1 Å². The van der Waals surface area contributed by atoms with Crippen LogP contribution in [0, 0.1) is 0 Å². The number of nitrogens with zero attached hydrogens (tertiary/aromatic N) is 4. The second-order valence-electron chi connectivity index (χ2n) is 8.00. The number of fused-ring (bicyclic) bond motifs is 1. The molecule has 4 N–H and O–H groups in total. The quantitative estimate of drug-likeness (QED) is 0.456. The number of hydrogen-bond donors (Lipinski definition) is 3. The van der Waals surface area contributed by atoms with Crippen molar-refractivity contribution in [3.05, 3.63) is 64.9 Å². The van der Waals surface area contributed by atoms with Crippen molar-refractivity contribution in [2.75, 3.05) is 49.0 Å². The Kier molecular flexibility index (Phi) is 6.24. The Morgan fingerprint density at radius 3 is 2.59 bits per heavy atom. The fourth-order valence-corrected chi connectivity index (χ4v) is 4.07. The van der Waals surface area contributed by atoms with E-state index in [0.717, 1.165) is 44.2 Å². The van der Waals surface area contributed by atoms with Gasteiger partial charge in [-0.25, -0.2) is 9.97 Å². The van der Waals surface area contributed by atoms with Crippen molar-refractivity contribution in [2.45, 2.75) is 6.54 Å². The molecule has 1 amide bonds. The van der Waals surface area contributed by atoms with Gasteiger partial charge in [-0.3, -0.25) is 20.5 Å². The highest BCUT2D eigenvalue weighted by atomic mass is 35.5. The molecule has 10 nitrogen and oxygen atoms in total. The lowest BCUT2D eigenvalue weighted by atomic mass is 10.1. The topological polar surface area (TPSA) is 118 Å². The van der Waals surface area contributed by atoms with Crippen molar-refractivity contribution in [1.82, 2.24) is 20.3 Å². The van der Waals surface area contributed by atoms with Crippen LogP contribution in [0.15, 0.2) is 48.8 Å². The van der Waals surface area contributed by atoms with Gasteiger partial charge in [-0.05, 0) is 42.0 Å². The van der Waals surface area contributed by atoms with Gasteiger partial charge in [0.05, 0.1) is 0 Å². The van der Waals surface area contributed by atoms with Gasteiger partial charge in [-0.15, -0.1) is 0 Å². The van der Waals surface area contributed by atoms with Crippen LogP contribution in [0.2, 0.25) is 5.02 Å². The highest BCUT2D eigenvalue weighted by molar-refractivity contribution is 6.30. The number of benzene rings is 2. The number of nitrogens with one attached hydrogen (secondary N) is 2. The summed E-state index contributed by atoms with van der Waals surface area (Å²) in [5.74, 6) is 2.25. The Labute approximate surface area is 201 Å². The summed E-state index contributed by atoms with van der Waals surface area (Å²) in [6.07, 6.45) is 1.43. The van der Waals surface area contributed by atoms with Crippen LogP contribution in [0.4, 0.5) is 17.3 Å². The molecular weight excluding hydrogens is 458 g/mol. The zero-order valence-electron chi connectivity index (χ0n) is 18.3. The number of nitrogen functional groups attached to an aromatic ring is 1. The van der Waals surface area contributed by atoms with Gasteiger partial charge >= 0.3 is 0 Å². The monoisotopic (exact) mass is 481 g/mol. The van der Waals surface area contributed by atoms with E-state index in [0.29, 0.717) is 27.9 Å².